The maximum atomic E-state index is 12.0. The summed E-state index contributed by atoms with van der Waals surface area (Å²) >= 11 is 1.30. The van der Waals surface area contributed by atoms with Crippen LogP contribution in [-0.4, -0.2) is 50.5 Å². The molecule has 35 heavy (non-hydrogen) atoms. The van der Waals surface area contributed by atoms with Gasteiger partial charge in [0.1, 0.15) is 17.3 Å². The van der Waals surface area contributed by atoms with Gasteiger partial charge in [0.05, 0.1) is 24.7 Å². The molecule has 0 saturated heterocycles. The second kappa shape index (κ2) is 12.5. The molecule has 11 heteroatoms. The molecule has 188 valence electrons. The number of amidine groups is 1. The first-order valence-electron chi connectivity index (χ1n) is 11.2. The Morgan fingerprint density at radius 1 is 1.03 bits per heavy atom. The standard InChI is InChI=1S/C24H30N4O5S2/c1-3-35(30,31)28(2)24-26-22(17-34-24)18-7-11-20(12-8-18)32-15-5-4-6-16-33-21-13-9-19(10-14-21)23(25)27-29/h7-14,17,29H,3-6,15-16H2,1-2H3,(H2,25,27). The summed E-state index contributed by atoms with van der Waals surface area (Å²) in [7, 11) is -1.81. The molecule has 0 bridgehead atoms. The molecule has 3 N–H and O–H groups in total. The molecule has 0 aliphatic rings. The molecular weight excluding hydrogens is 488 g/mol. The zero-order valence-corrected chi connectivity index (χ0v) is 21.4. The molecule has 3 rings (SSSR count). The van der Waals surface area contributed by atoms with Crippen LogP contribution < -0.4 is 19.3 Å². The van der Waals surface area contributed by atoms with Crippen LogP contribution in [0.3, 0.4) is 0 Å². The van der Waals surface area contributed by atoms with E-state index in [0.717, 1.165) is 42.0 Å². The van der Waals surface area contributed by atoms with Gasteiger partial charge in [-0.15, -0.1) is 11.3 Å². The van der Waals surface area contributed by atoms with Crippen LogP contribution in [0.5, 0.6) is 11.5 Å². The van der Waals surface area contributed by atoms with Gasteiger partial charge < -0.3 is 9.47 Å². The summed E-state index contributed by atoms with van der Waals surface area (Å²) in [6.45, 7) is 2.80. The van der Waals surface area contributed by atoms with Crippen LogP contribution in [0.4, 0.5) is 5.13 Å². The number of anilines is 1. The van der Waals surface area contributed by atoms with Gasteiger partial charge in [0.15, 0.2) is 5.13 Å². The van der Waals surface area contributed by atoms with Crippen LogP contribution in [-0.2, 0) is 10.0 Å². The highest BCUT2D eigenvalue weighted by Gasteiger charge is 2.19. The molecule has 0 amide bonds. The summed E-state index contributed by atoms with van der Waals surface area (Å²) in [5.74, 6) is 1.47. The highest BCUT2D eigenvalue weighted by atomic mass is 32.2. The Bertz CT molecular complexity index is 1200. The number of rotatable bonds is 13. The zero-order valence-electron chi connectivity index (χ0n) is 19.7. The Hall–Kier alpha value is -3.15. The van der Waals surface area contributed by atoms with E-state index in [9.17, 15) is 8.42 Å². The van der Waals surface area contributed by atoms with Gasteiger partial charge in [-0.2, -0.15) is 0 Å². The van der Waals surface area contributed by atoms with E-state index in [0.29, 0.717) is 23.9 Å². The number of hydrogen-bond acceptors (Lipinski definition) is 8. The summed E-state index contributed by atoms with van der Waals surface area (Å²) in [6, 6.07) is 14.6. The Kier molecular flexibility index (Phi) is 9.47. The van der Waals surface area contributed by atoms with E-state index < -0.39 is 10.0 Å². The maximum Gasteiger partial charge on any atom is 0.236 e. The Balaban J connectivity index is 1.36. The minimum atomic E-state index is -3.33. The number of nitrogens with one attached hydrogen (secondary N) is 2. The van der Waals surface area contributed by atoms with Gasteiger partial charge in [0.25, 0.3) is 0 Å². The van der Waals surface area contributed by atoms with Crippen LogP contribution in [0, 0.1) is 5.41 Å². The number of nitrogens with zero attached hydrogens (tertiary/aromatic N) is 2. The molecule has 0 unspecified atom stereocenters. The molecule has 0 radical (unpaired) electrons. The number of unbranched alkanes of at least 4 members (excludes halogenated alkanes) is 2. The first-order chi connectivity index (χ1) is 16.8. The van der Waals surface area contributed by atoms with E-state index in [-0.39, 0.29) is 11.6 Å². The summed E-state index contributed by atoms with van der Waals surface area (Å²) < 4.78 is 36.8. The molecule has 0 spiro atoms. The van der Waals surface area contributed by atoms with Crippen molar-refractivity contribution in [2.24, 2.45) is 0 Å². The second-order valence-corrected chi connectivity index (χ2v) is 10.8. The van der Waals surface area contributed by atoms with Crippen LogP contribution in [0.1, 0.15) is 31.7 Å². The fourth-order valence-electron chi connectivity index (χ4n) is 3.12. The molecule has 9 nitrogen and oxygen atoms in total. The SMILES string of the molecule is CCS(=O)(=O)N(C)c1nc(-c2ccc(OCCCCCOc3ccc(C(=N)NO)cc3)cc2)cs1. The number of aromatic nitrogens is 1. The number of ether oxygens (including phenoxy) is 2. The zero-order chi connectivity index (χ0) is 25.3. The molecule has 2 aromatic carbocycles. The van der Waals surface area contributed by atoms with E-state index >= 15 is 0 Å². The van der Waals surface area contributed by atoms with Gasteiger partial charge in [0.2, 0.25) is 10.0 Å². The molecular formula is C24H30N4O5S2. The highest BCUT2D eigenvalue weighted by Crippen LogP contribution is 2.29. The molecule has 1 heterocycles. The lowest BCUT2D eigenvalue weighted by molar-refractivity contribution is 0.234. The lowest BCUT2D eigenvalue weighted by atomic mass is 10.2. The molecule has 0 aliphatic heterocycles. The monoisotopic (exact) mass is 518 g/mol. The first kappa shape index (κ1) is 26.5. The number of hydrogen-bond donors (Lipinski definition) is 3. The molecule has 0 atom stereocenters. The van der Waals surface area contributed by atoms with E-state index in [1.54, 1.807) is 31.2 Å². The Morgan fingerprint density at radius 3 is 2.14 bits per heavy atom. The average Bonchev–Trinajstić information content (AvgIpc) is 3.38. The van der Waals surface area contributed by atoms with Crippen molar-refractivity contribution in [2.45, 2.75) is 26.2 Å². The lowest BCUT2D eigenvalue weighted by Crippen LogP contribution is -2.27. The van der Waals surface area contributed by atoms with Crippen molar-refractivity contribution in [1.29, 1.82) is 5.41 Å². The summed E-state index contributed by atoms with van der Waals surface area (Å²) in [5.41, 5.74) is 4.02. The van der Waals surface area contributed by atoms with Crippen molar-refractivity contribution in [2.75, 3.05) is 30.3 Å². The minimum Gasteiger partial charge on any atom is -0.494 e. The fourth-order valence-corrected chi connectivity index (χ4v) is 4.96. The van der Waals surface area contributed by atoms with Gasteiger partial charge in [-0.05, 0) is 74.7 Å². The third-order valence-electron chi connectivity index (χ3n) is 5.27. The van der Waals surface area contributed by atoms with Crippen LogP contribution in [0.25, 0.3) is 11.3 Å². The van der Waals surface area contributed by atoms with Gasteiger partial charge in [-0.25, -0.2) is 17.7 Å². The van der Waals surface area contributed by atoms with Crippen LogP contribution in [0.2, 0.25) is 0 Å². The van der Waals surface area contributed by atoms with Gasteiger partial charge >= 0.3 is 0 Å². The largest absolute Gasteiger partial charge is 0.494 e. The molecule has 0 aliphatic carbocycles. The second-order valence-electron chi connectivity index (χ2n) is 7.68. The van der Waals surface area contributed by atoms with E-state index in [2.05, 4.69) is 4.98 Å². The topological polar surface area (TPSA) is 125 Å². The summed E-state index contributed by atoms with van der Waals surface area (Å²) in [5, 5.41) is 18.5. The normalized spacial score (nSPS) is 11.2. The predicted octanol–water partition coefficient (Wildman–Crippen LogP) is 4.53. The predicted molar refractivity (Wildman–Crippen MR) is 138 cm³/mol. The van der Waals surface area contributed by atoms with Crippen LogP contribution in [0.15, 0.2) is 53.9 Å². The summed E-state index contributed by atoms with van der Waals surface area (Å²) in [4.78, 5) is 4.46. The van der Waals surface area contributed by atoms with Crippen molar-refractivity contribution in [1.82, 2.24) is 10.5 Å². The van der Waals surface area contributed by atoms with Gasteiger partial charge in [-0.3, -0.25) is 16.1 Å². The van der Waals surface area contributed by atoms with Crippen molar-refractivity contribution < 1.29 is 23.1 Å². The Morgan fingerprint density at radius 2 is 1.60 bits per heavy atom. The highest BCUT2D eigenvalue weighted by molar-refractivity contribution is 7.92. The average molecular weight is 519 g/mol. The Labute approximate surface area is 209 Å². The fraction of sp³-hybridized carbons (Fsp3) is 0.333. The van der Waals surface area contributed by atoms with Gasteiger partial charge in [-0.1, -0.05) is 0 Å². The minimum absolute atomic E-state index is 0.0302. The first-order valence-corrected chi connectivity index (χ1v) is 13.7. The van der Waals surface area contributed by atoms with Crippen LogP contribution >= 0.6 is 11.3 Å². The molecule has 3 aromatic rings. The van der Waals surface area contributed by atoms with Crippen molar-refractivity contribution in [3.63, 3.8) is 0 Å². The van der Waals surface area contributed by atoms with Gasteiger partial charge in [0, 0.05) is 23.6 Å². The van der Waals surface area contributed by atoms with Crippen molar-refractivity contribution in [3.05, 3.63) is 59.5 Å². The molecule has 0 saturated carbocycles. The van der Waals surface area contributed by atoms with E-state index in [4.69, 9.17) is 20.1 Å². The number of benzene rings is 2. The quantitative estimate of drug-likeness (QED) is 0.131. The van der Waals surface area contributed by atoms with Crippen molar-refractivity contribution >= 4 is 32.3 Å². The number of thiazole rings is 1. The van der Waals surface area contributed by atoms with E-state index in [1.807, 2.05) is 35.1 Å². The third kappa shape index (κ3) is 7.41. The maximum absolute atomic E-state index is 12.0. The lowest BCUT2D eigenvalue weighted by Gasteiger charge is -2.14. The third-order valence-corrected chi connectivity index (χ3v) is 8.04. The molecule has 0 fully saturated rings. The van der Waals surface area contributed by atoms with Crippen molar-refractivity contribution in [3.8, 4) is 22.8 Å². The summed E-state index contributed by atoms with van der Waals surface area (Å²) in [6.07, 6.45) is 2.76. The molecule has 1 aromatic heterocycles. The smallest absolute Gasteiger partial charge is 0.236 e. The number of sulfonamides is 1. The number of hydroxylamine groups is 1. The van der Waals surface area contributed by atoms with E-state index in [1.165, 1.54) is 22.7 Å².